The number of nitrogens with two attached hydrogens (primary N) is 2. The van der Waals surface area contributed by atoms with E-state index in [2.05, 4.69) is 9.97 Å². The Morgan fingerprint density at radius 3 is 3.00 bits per heavy atom. The number of imidazole rings is 1. The number of carbonyl (C=O) groups excluding carboxylic acids is 1. The highest BCUT2D eigenvalue weighted by Gasteiger charge is 2.07. The summed E-state index contributed by atoms with van der Waals surface area (Å²) in [5.41, 5.74) is 11.3. The van der Waals surface area contributed by atoms with Crippen molar-refractivity contribution in [3.63, 3.8) is 0 Å². The van der Waals surface area contributed by atoms with Gasteiger partial charge in [0.2, 0.25) is 5.91 Å². The maximum Gasteiger partial charge on any atom is 0.241 e. The lowest BCUT2D eigenvalue weighted by molar-refractivity contribution is -0.113. The molecule has 0 saturated heterocycles. The number of hydrogen-bond acceptors (Lipinski definition) is 3. The zero-order chi connectivity index (χ0) is 9.68. The van der Waals surface area contributed by atoms with E-state index in [1.165, 1.54) is 6.08 Å². The van der Waals surface area contributed by atoms with Crippen LogP contribution in [0.4, 0.5) is 0 Å². The number of nitrogens with one attached hydrogen (secondary N) is 1. The molecule has 0 bridgehead atoms. The van der Waals surface area contributed by atoms with Crippen LogP contribution in [0.25, 0.3) is 0 Å². The van der Waals surface area contributed by atoms with Crippen molar-refractivity contribution in [3.05, 3.63) is 30.4 Å². The highest BCUT2D eigenvalue weighted by molar-refractivity contribution is 5.85. The van der Waals surface area contributed by atoms with E-state index in [4.69, 9.17) is 11.5 Å². The Morgan fingerprint density at radius 1 is 1.77 bits per heavy atom. The summed E-state index contributed by atoms with van der Waals surface area (Å²) in [6.07, 6.45) is 6.25. The minimum atomic E-state index is -0.478. The maximum absolute atomic E-state index is 10.5. The largest absolute Gasteiger partial charge is 0.366 e. The molecule has 0 radical (unpaired) electrons. The molecule has 0 fully saturated rings. The molecule has 5 heteroatoms. The average molecular weight is 180 g/mol. The highest BCUT2D eigenvalue weighted by Crippen LogP contribution is 2.11. The minimum Gasteiger partial charge on any atom is -0.366 e. The average Bonchev–Trinajstić information content (AvgIpc) is 2.58. The van der Waals surface area contributed by atoms with Gasteiger partial charge in [-0.25, -0.2) is 4.98 Å². The van der Waals surface area contributed by atoms with Crippen molar-refractivity contribution < 1.29 is 4.79 Å². The van der Waals surface area contributed by atoms with Gasteiger partial charge in [0.05, 0.1) is 12.0 Å². The van der Waals surface area contributed by atoms with Crippen molar-refractivity contribution in [1.82, 2.24) is 9.97 Å². The van der Waals surface area contributed by atoms with Crippen molar-refractivity contribution in [2.24, 2.45) is 11.5 Å². The van der Waals surface area contributed by atoms with Crippen LogP contribution in [-0.2, 0) is 4.79 Å². The molecule has 1 amide bonds. The van der Waals surface area contributed by atoms with E-state index in [0.717, 1.165) is 5.69 Å². The maximum atomic E-state index is 10.5. The zero-order valence-corrected chi connectivity index (χ0v) is 7.10. The second-order valence-electron chi connectivity index (χ2n) is 2.60. The molecule has 1 aromatic rings. The Hall–Kier alpha value is -1.62. The van der Waals surface area contributed by atoms with Gasteiger partial charge in [-0.2, -0.15) is 0 Å². The minimum absolute atomic E-state index is 0.0567. The van der Waals surface area contributed by atoms with Crippen LogP contribution in [0.1, 0.15) is 11.6 Å². The summed E-state index contributed by atoms with van der Waals surface area (Å²) in [6.45, 7) is 0.397. The smallest absolute Gasteiger partial charge is 0.241 e. The molecule has 0 aliphatic rings. The van der Waals surface area contributed by atoms with Crippen LogP contribution >= 0.6 is 0 Å². The van der Waals surface area contributed by atoms with Gasteiger partial charge in [-0.15, -0.1) is 0 Å². The summed E-state index contributed by atoms with van der Waals surface area (Å²) in [5.74, 6) is -0.535. The number of nitrogens with zero attached hydrogens (tertiary/aromatic N) is 1. The molecule has 13 heavy (non-hydrogen) atoms. The molecule has 0 spiro atoms. The first-order valence-corrected chi connectivity index (χ1v) is 3.90. The van der Waals surface area contributed by atoms with E-state index in [0.29, 0.717) is 6.54 Å². The van der Waals surface area contributed by atoms with Gasteiger partial charge in [0.25, 0.3) is 0 Å². The van der Waals surface area contributed by atoms with Crippen molar-refractivity contribution in [2.45, 2.75) is 5.92 Å². The van der Waals surface area contributed by atoms with Crippen LogP contribution in [0.2, 0.25) is 0 Å². The van der Waals surface area contributed by atoms with Crippen LogP contribution in [0, 0.1) is 0 Å². The van der Waals surface area contributed by atoms with E-state index in [1.807, 2.05) is 0 Å². The summed E-state index contributed by atoms with van der Waals surface area (Å²) < 4.78 is 0. The van der Waals surface area contributed by atoms with E-state index in [1.54, 1.807) is 18.6 Å². The lowest BCUT2D eigenvalue weighted by atomic mass is 10.1. The Labute approximate surface area is 75.8 Å². The first-order chi connectivity index (χ1) is 6.24. The Balaban J connectivity index is 2.69. The van der Waals surface area contributed by atoms with E-state index >= 15 is 0 Å². The second kappa shape index (κ2) is 4.42. The number of aromatic amines is 1. The van der Waals surface area contributed by atoms with Gasteiger partial charge in [0.1, 0.15) is 0 Å². The number of hydrogen-bond donors (Lipinski definition) is 3. The fraction of sp³-hybridized carbons (Fsp3) is 0.250. The molecule has 1 heterocycles. The predicted octanol–water partition coefficient (Wildman–Crippen LogP) is -0.507. The Kier molecular flexibility index (Phi) is 3.22. The van der Waals surface area contributed by atoms with Gasteiger partial charge in [-0.3, -0.25) is 4.79 Å². The van der Waals surface area contributed by atoms with Crippen molar-refractivity contribution in [1.29, 1.82) is 0 Å². The monoisotopic (exact) mass is 180 g/mol. The molecule has 5 N–H and O–H groups in total. The third kappa shape index (κ3) is 2.72. The molecule has 1 rings (SSSR count). The molecule has 0 saturated carbocycles. The molecular formula is C8H12N4O. The van der Waals surface area contributed by atoms with E-state index in [9.17, 15) is 4.79 Å². The first-order valence-electron chi connectivity index (χ1n) is 3.90. The van der Waals surface area contributed by atoms with Crippen molar-refractivity contribution in [3.8, 4) is 0 Å². The Morgan fingerprint density at radius 2 is 2.54 bits per heavy atom. The van der Waals surface area contributed by atoms with Gasteiger partial charge < -0.3 is 16.5 Å². The van der Waals surface area contributed by atoms with Gasteiger partial charge in [-0.05, 0) is 6.08 Å². The van der Waals surface area contributed by atoms with Gasteiger partial charge in [-0.1, -0.05) is 6.08 Å². The predicted molar refractivity (Wildman–Crippen MR) is 48.7 cm³/mol. The Bertz CT molecular complexity index is 291. The molecule has 5 nitrogen and oxygen atoms in total. The number of H-pyrrole nitrogens is 1. The van der Waals surface area contributed by atoms with Crippen molar-refractivity contribution in [2.75, 3.05) is 6.54 Å². The summed E-state index contributed by atoms with van der Waals surface area (Å²) in [4.78, 5) is 17.3. The topological polar surface area (TPSA) is 97.8 Å². The lowest BCUT2D eigenvalue weighted by Gasteiger charge is -2.04. The van der Waals surface area contributed by atoms with E-state index in [-0.39, 0.29) is 5.92 Å². The normalized spacial score (nSPS) is 13.3. The van der Waals surface area contributed by atoms with Crippen LogP contribution in [0.5, 0.6) is 0 Å². The summed E-state index contributed by atoms with van der Waals surface area (Å²) in [6, 6.07) is 0. The molecule has 70 valence electrons. The molecule has 1 aromatic heterocycles. The SMILES string of the molecule is NCC(C=CC(N)=O)c1c[nH]cn1. The lowest BCUT2D eigenvalue weighted by Crippen LogP contribution is -2.12. The number of aromatic nitrogens is 2. The molecule has 0 aliphatic carbocycles. The summed E-state index contributed by atoms with van der Waals surface area (Å²) in [5, 5.41) is 0. The van der Waals surface area contributed by atoms with E-state index < -0.39 is 5.91 Å². The fourth-order valence-corrected chi connectivity index (χ4v) is 0.983. The highest BCUT2D eigenvalue weighted by atomic mass is 16.1. The zero-order valence-electron chi connectivity index (χ0n) is 7.10. The fourth-order valence-electron chi connectivity index (χ4n) is 0.983. The number of amides is 1. The summed E-state index contributed by atoms with van der Waals surface area (Å²) in [7, 11) is 0. The van der Waals surface area contributed by atoms with Gasteiger partial charge in [0.15, 0.2) is 0 Å². The third-order valence-corrected chi connectivity index (χ3v) is 1.65. The van der Waals surface area contributed by atoms with Crippen molar-refractivity contribution >= 4 is 5.91 Å². The third-order valence-electron chi connectivity index (χ3n) is 1.65. The standard InChI is InChI=1S/C8H12N4O/c9-3-6(1-2-8(10)13)7-4-11-5-12-7/h1-2,4-6H,3,9H2,(H2,10,13)(H,11,12). The molecule has 0 aromatic carbocycles. The molecule has 0 aliphatic heterocycles. The van der Waals surface area contributed by atoms with Crippen LogP contribution < -0.4 is 11.5 Å². The first kappa shape index (κ1) is 9.47. The number of primary amides is 1. The number of rotatable bonds is 4. The van der Waals surface area contributed by atoms with Crippen LogP contribution in [-0.4, -0.2) is 22.4 Å². The molecule has 1 unspecified atom stereocenters. The second-order valence-corrected chi connectivity index (χ2v) is 2.60. The van der Waals surface area contributed by atoms with Crippen LogP contribution in [0.3, 0.4) is 0 Å². The number of carbonyl (C=O) groups is 1. The van der Waals surface area contributed by atoms with Gasteiger partial charge in [0, 0.05) is 18.7 Å². The summed E-state index contributed by atoms with van der Waals surface area (Å²) >= 11 is 0. The van der Waals surface area contributed by atoms with Gasteiger partial charge >= 0.3 is 0 Å². The van der Waals surface area contributed by atoms with Crippen LogP contribution in [0.15, 0.2) is 24.7 Å². The molecule has 1 atom stereocenters. The quantitative estimate of drug-likeness (QED) is 0.544. The molecular weight excluding hydrogens is 168 g/mol.